The molecule has 5 rings (SSSR count). The third-order valence-corrected chi connectivity index (χ3v) is 5.73. The normalized spacial score (nSPS) is 16.4. The highest BCUT2D eigenvalue weighted by molar-refractivity contribution is 5.93. The third kappa shape index (κ3) is 4.27. The van der Waals surface area contributed by atoms with Crippen LogP contribution in [0.1, 0.15) is 5.69 Å². The maximum Gasteiger partial charge on any atom is 0.238 e. The minimum atomic E-state index is -0.0182. The molecular weight excluding hydrogens is 392 g/mol. The standard InChI is InChI=1S/C24H26N4O3/c1-17-14-21(19-4-2-3-5-20(19)25-17)28-10-8-27(9-11-28)16-24(29)26-18-6-7-22-23(15-18)31-13-12-30-22/h2-7,14-15H,8-13,16H2,1H3,(H,26,29). The zero-order chi connectivity index (χ0) is 21.2. The summed E-state index contributed by atoms with van der Waals surface area (Å²) in [6, 6.07) is 15.9. The molecule has 7 heteroatoms. The Labute approximate surface area is 181 Å². The molecule has 0 bridgehead atoms. The first-order valence-electron chi connectivity index (χ1n) is 10.7. The fourth-order valence-corrected chi connectivity index (χ4v) is 4.22. The van der Waals surface area contributed by atoms with Crippen molar-refractivity contribution in [1.82, 2.24) is 9.88 Å². The summed E-state index contributed by atoms with van der Waals surface area (Å²) in [5, 5.41) is 4.15. The second-order valence-electron chi connectivity index (χ2n) is 7.97. The number of carbonyl (C=O) groups is 1. The van der Waals surface area contributed by atoms with Crippen molar-refractivity contribution >= 4 is 28.2 Å². The number of rotatable bonds is 4. The summed E-state index contributed by atoms with van der Waals surface area (Å²) in [5.74, 6) is 1.38. The van der Waals surface area contributed by atoms with Gasteiger partial charge in [-0.25, -0.2) is 0 Å². The second-order valence-corrected chi connectivity index (χ2v) is 7.97. The second kappa shape index (κ2) is 8.43. The molecule has 1 amide bonds. The molecule has 160 valence electrons. The maximum atomic E-state index is 12.6. The Kier molecular flexibility index (Phi) is 5.34. The van der Waals surface area contributed by atoms with Crippen LogP contribution >= 0.6 is 0 Å². The number of ether oxygens (including phenoxy) is 2. The largest absolute Gasteiger partial charge is 0.486 e. The van der Waals surface area contributed by atoms with E-state index in [1.165, 1.54) is 11.1 Å². The monoisotopic (exact) mass is 418 g/mol. The molecule has 0 radical (unpaired) electrons. The molecule has 31 heavy (non-hydrogen) atoms. The SMILES string of the molecule is Cc1cc(N2CCN(CC(=O)Nc3ccc4c(c3)OCCO4)CC2)c2ccccc2n1. The summed E-state index contributed by atoms with van der Waals surface area (Å²) in [6.45, 7) is 6.93. The third-order valence-electron chi connectivity index (χ3n) is 5.73. The van der Waals surface area contributed by atoms with Gasteiger partial charge in [-0.15, -0.1) is 0 Å². The van der Waals surface area contributed by atoms with Gasteiger partial charge >= 0.3 is 0 Å². The Morgan fingerprint density at radius 3 is 2.61 bits per heavy atom. The number of aryl methyl sites for hydroxylation is 1. The number of anilines is 2. The lowest BCUT2D eigenvalue weighted by Crippen LogP contribution is -2.48. The van der Waals surface area contributed by atoms with Crippen molar-refractivity contribution in [1.29, 1.82) is 0 Å². The van der Waals surface area contributed by atoms with Crippen LogP contribution in [0.5, 0.6) is 11.5 Å². The molecule has 1 fully saturated rings. The van der Waals surface area contributed by atoms with E-state index in [0.29, 0.717) is 25.5 Å². The van der Waals surface area contributed by atoms with Crippen LogP contribution < -0.4 is 19.7 Å². The average Bonchev–Trinajstić information content (AvgIpc) is 2.79. The van der Waals surface area contributed by atoms with E-state index in [2.05, 4.69) is 44.4 Å². The summed E-state index contributed by atoms with van der Waals surface area (Å²) in [6.07, 6.45) is 0. The molecule has 0 spiro atoms. The zero-order valence-corrected chi connectivity index (χ0v) is 17.6. The maximum absolute atomic E-state index is 12.6. The van der Waals surface area contributed by atoms with Crippen molar-refractivity contribution in [3.63, 3.8) is 0 Å². The number of benzene rings is 2. The summed E-state index contributed by atoms with van der Waals surface area (Å²) in [7, 11) is 0. The summed E-state index contributed by atoms with van der Waals surface area (Å²) < 4.78 is 11.1. The lowest BCUT2D eigenvalue weighted by Gasteiger charge is -2.36. The molecule has 7 nitrogen and oxygen atoms in total. The predicted octanol–water partition coefficient (Wildman–Crippen LogP) is 3.08. The van der Waals surface area contributed by atoms with Crippen molar-refractivity contribution < 1.29 is 14.3 Å². The van der Waals surface area contributed by atoms with Crippen molar-refractivity contribution in [3.8, 4) is 11.5 Å². The Morgan fingerprint density at radius 1 is 1.00 bits per heavy atom. The highest BCUT2D eigenvalue weighted by atomic mass is 16.6. The number of para-hydroxylation sites is 1. The molecule has 0 aliphatic carbocycles. The summed E-state index contributed by atoms with van der Waals surface area (Å²) >= 11 is 0. The van der Waals surface area contributed by atoms with Crippen LogP contribution in [0.2, 0.25) is 0 Å². The molecule has 0 unspecified atom stereocenters. The Balaban J connectivity index is 1.19. The number of pyridine rings is 1. The fourth-order valence-electron chi connectivity index (χ4n) is 4.22. The van der Waals surface area contributed by atoms with E-state index in [1.807, 2.05) is 31.2 Å². The Hall–Kier alpha value is -3.32. The highest BCUT2D eigenvalue weighted by Crippen LogP contribution is 2.32. The first-order chi connectivity index (χ1) is 15.2. The first kappa shape index (κ1) is 19.6. The van der Waals surface area contributed by atoms with Gasteiger partial charge in [-0.05, 0) is 31.2 Å². The number of nitrogens with zero attached hydrogens (tertiary/aromatic N) is 3. The van der Waals surface area contributed by atoms with E-state index in [-0.39, 0.29) is 5.91 Å². The van der Waals surface area contributed by atoms with Gasteiger partial charge < -0.3 is 19.7 Å². The molecular formula is C24H26N4O3. The van der Waals surface area contributed by atoms with Gasteiger partial charge in [0, 0.05) is 54.7 Å². The molecule has 1 N–H and O–H groups in total. The summed E-state index contributed by atoms with van der Waals surface area (Å²) in [5.41, 5.74) is 4.00. The van der Waals surface area contributed by atoms with Gasteiger partial charge in [-0.1, -0.05) is 18.2 Å². The molecule has 0 saturated carbocycles. The zero-order valence-electron chi connectivity index (χ0n) is 17.6. The molecule has 1 aromatic heterocycles. The van der Waals surface area contributed by atoms with E-state index in [9.17, 15) is 4.79 Å². The Morgan fingerprint density at radius 2 is 1.77 bits per heavy atom. The predicted molar refractivity (Wildman–Crippen MR) is 121 cm³/mol. The molecule has 1 saturated heterocycles. The molecule has 2 aliphatic heterocycles. The average molecular weight is 418 g/mol. The molecule has 0 atom stereocenters. The molecule has 3 aromatic rings. The number of nitrogens with one attached hydrogen (secondary N) is 1. The van der Waals surface area contributed by atoms with Gasteiger partial charge in [0.05, 0.1) is 12.1 Å². The van der Waals surface area contributed by atoms with Crippen LogP contribution in [0.4, 0.5) is 11.4 Å². The number of fused-ring (bicyclic) bond motifs is 2. The van der Waals surface area contributed by atoms with Gasteiger partial charge in [0.1, 0.15) is 13.2 Å². The van der Waals surface area contributed by atoms with Crippen molar-refractivity contribution in [2.45, 2.75) is 6.92 Å². The van der Waals surface area contributed by atoms with Crippen LogP contribution in [-0.2, 0) is 4.79 Å². The van der Waals surface area contributed by atoms with E-state index >= 15 is 0 Å². The topological polar surface area (TPSA) is 66.9 Å². The van der Waals surface area contributed by atoms with Crippen LogP contribution in [0.3, 0.4) is 0 Å². The quantitative estimate of drug-likeness (QED) is 0.703. The van der Waals surface area contributed by atoms with Crippen molar-refractivity contribution in [2.24, 2.45) is 0 Å². The van der Waals surface area contributed by atoms with Crippen LogP contribution in [-0.4, -0.2) is 61.7 Å². The number of hydrogen-bond donors (Lipinski definition) is 1. The smallest absolute Gasteiger partial charge is 0.238 e. The highest BCUT2D eigenvalue weighted by Gasteiger charge is 2.21. The van der Waals surface area contributed by atoms with Gasteiger partial charge in [0.25, 0.3) is 0 Å². The van der Waals surface area contributed by atoms with Crippen LogP contribution in [0.15, 0.2) is 48.5 Å². The minimum absolute atomic E-state index is 0.0182. The number of piperazine rings is 1. The van der Waals surface area contributed by atoms with E-state index < -0.39 is 0 Å². The van der Waals surface area contributed by atoms with Crippen LogP contribution in [0.25, 0.3) is 10.9 Å². The van der Waals surface area contributed by atoms with Gasteiger partial charge in [0.2, 0.25) is 5.91 Å². The van der Waals surface area contributed by atoms with Gasteiger partial charge in [-0.2, -0.15) is 0 Å². The van der Waals surface area contributed by atoms with Crippen LogP contribution in [0, 0.1) is 6.92 Å². The number of carbonyl (C=O) groups excluding carboxylic acids is 1. The minimum Gasteiger partial charge on any atom is -0.486 e. The Bertz CT molecular complexity index is 1110. The van der Waals surface area contributed by atoms with Gasteiger partial charge in [0.15, 0.2) is 11.5 Å². The lowest BCUT2D eigenvalue weighted by molar-refractivity contribution is -0.117. The van der Waals surface area contributed by atoms with E-state index in [1.54, 1.807) is 0 Å². The van der Waals surface area contributed by atoms with Gasteiger partial charge in [-0.3, -0.25) is 14.7 Å². The van der Waals surface area contributed by atoms with E-state index in [4.69, 9.17) is 9.47 Å². The number of aromatic nitrogens is 1. The lowest BCUT2D eigenvalue weighted by atomic mass is 10.1. The first-order valence-corrected chi connectivity index (χ1v) is 10.7. The molecule has 3 heterocycles. The molecule has 2 aliphatic rings. The van der Waals surface area contributed by atoms with E-state index in [0.717, 1.165) is 48.8 Å². The van der Waals surface area contributed by atoms with Crippen molar-refractivity contribution in [2.75, 3.05) is 56.2 Å². The number of amides is 1. The molecule has 2 aromatic carbocycles. The fraction of sp³-hybridized carbons (Fsp3) is 0.333. The van der Waals surface area contributed by atoms with Crippen molar-refractivity contribution in [3.05, 3.63) is 54.2 Å². The summed E-state index contributed by atoms with van der Waals surface area (Å²) in [4.78, 5) is 21.8. The number of hydrogen-bond acceptors (Lipinski definition) is 6.